The lowest BCUT2D eigenvalue weighted by molar-refractivity contribution is 1.51. The number of fused-ring (bicyclic) bond motifs is 2. The molecule has 6 heteroatoms. The fraction of sp³-hybridized carbons (Fsp3) is 0. The molecular weight excluding hydrogens is 264 g/mol. The van der Waals surface area contributed by atoms with Gasteiger partial charge in [0.05, 0.1) is 11.3 Å². The second kappa shape index (κ2) is 4.08. The number of nitrogen functional groups attached to an aromatic ring is 5. The minimum absolute atomic E-state index is 0.337. The molecule has 0 heterocycles. The van der Waals surface area contributed by atoms with Crippen LogP contribution in [0.2, 0.25) is 0 Å². The summed E-state index contributed by atoms with van der Waals surface area (Å²) in [7, 11) is 0. The van der Waals surface area contributed by atoms with Gasteiger partial charge in [0.2, 0.25) is 0 Å². The van der Waals surface area contributed by atoms with Gasteiger partial charge in [0.25, 0.3) is 0 Å². The lowest BCUT2D eigenvalue weighted by Crippen LogP contribution is -2.03. The molecule has 0 saturated carbocycles. The Morgan fingerprint density at radius 3 is 1.29 bits per heavy atom. The van der Waals surface area contributed by atoms with Crippen LogP contribution in [0.3, 0.4) is 0 Å². The lowest BCUT2D eigenvalue weighted by atomic mass is 9.92. The molecule has 3 rings (SSSR count). The van der Waals surface area contributed by atoms with Gasteiger partial charge in [-0.25, -0.2) is 0 Å². The summed E-state index contributed by atoms with van der Waals surface area (Å²) in [6.07, 6.45) is 0. The third-order valence-corrected chi connectivity index (χ3v) is 3.69. The van der Waals surface area contributed by atoms with Gasteiger partial charge in [-0.15, -0.1) is 0 Å². The standard InChI is InChI=1S/C15H14N6/c16-5-6-11-7(17)1-3-9(19)13(11)15(21)14-10(20)4-2-8(18)12(6)14/h1-4H,17-21H2. The topological polar surface area (TPSA) is 154 Å². The number of rotatable bonds is 0. The zero-order valence-electron chi connectivity index (χ0n) is 11.1. The van der Waals surface area contributed by atoms with Gasteiger partial charge in [0.1, 0.15) is 6.07 Å². The summed E-state index contributed by atoms with van der Waals surface area (Å²) in [5.74, 6) is 0. The monoisotopic (exact) mass is 278 g/mol. The summed E-state index contributed by atoms with van der Waals surface area (Å²) in [6, 6.07) is 8.75. The van der Waals surface area contributed by atoms with Gasteiger partial charge < -0.3 is 28.7 Å². The fourth-order valence-corrected chi connectivity index (χ4v) is 2.75. The molecular formula is C15H14N6. The van der Waals surface area contributed by atoms with Crippen molar-refractivity contribution in [1.29, 1.82) is 5.26 Å². The third-order valence-electron chi connectivity index (χ3n) is 3.69. The Morgan fingerprint density at radius 2 is 0.952 bits per heavy atom. The van der Waals surface area contributed by atoms with Crippen LogP contribution in [-0.2, 0) is 0 Å². The Labute approximate surface area is 120 Å². The highest BCUT2D eigenvalue weighted by Gasteiger charge is 2.19. The SMILES string of the molecule is N#Cc1c2c(N)ccc(N)c2c(N)c2c(N)ccc(N)c12. The molecule has 3 aromatic carbocycles. The van der Waals surface area contributed by atoms with Crippen LogP contribution in [0.25, 0.3) is 21.5 Å². The number of nitriles is 1. The van der Waals surface area contributed by atoms with Gasteiger partial charge in [-0.2, -0.15) is 5.26 Å². The van der Waals surface area contributed by atoms with Crippen molar-refractivity contribution in [3.8, 4) is 6.07 Å². The highest BCUT2D eigenvalue weighted by atomic mass is 14.7. The summed E-state index contributed by atoms with van der Waals surface area (Å²) in [5, 5.41) is 11.7. The minimum atomic E-state index is 0.337. The molecule has 0 bridgehead atoms. The van der Waals surface area contributed by atoms with Crippen molar-refractivity contribution >= 4 is 50.0 Å². The minimum Gasteiger partial charge on any atom is -0.398 e. The van der Waals surface area contributed by atoms with E-state index in [1.165, 1.54) is 0 Å². The molecule has 21 heavy (non-hydrogen) atoms. The van der Waals surface area contributed by atoms with Crippen molar-refractivity contribution in [3.63, 3.8) is 0 Å². The van der Waals surface area contributed by atoms with Crippen molar-refractivity contribution in [3.05, 3.63) is 29.8 Å². The van der Waals surface area contributed by atoms with Gasteiger partial charge in [0, 0.05) is 44.3 Å². The third kappa shape index (κ3) is 1.51. The maximum atomic E-state index is 9.57. The predicted octanol–water partition coefficient (Wildman–Crippen LogP) is 1.78. The van der Waals surface area contributed by atoms with Crippen LogP contribution in [0, 0.1) is 11.3 Å². The highest BCUT2D eigenvalue weighted by molar-refractivity contribution is 6.25. The molecule has 0 spiro atoms. The summed E-state index contributed by atoms with van der Waals surface area (Å²) >= 11 is 0. The van der Waals surface area contributed by atoms with Crippen LogP contribution in [-0.4, -0.2) is 0 Å². The molecule has 0 atom stereocenters. The average Bonchev–Trinajstić information content (AvgIpc) is 2.46. The molecule has 0 radical (unpaired) electrons. The lowest BCUT2D eigenvalue weighted by Gasteiger charge is -2.16. The number of nitrogens with two attached hydrogens (primary N) is 5. The molecule has 0 aliphatic rings. The van der Waals surface area contributed by atoms with E-state index in [2.05, 4.69) is 6.07 Å². The number of hydrogen-bond donors (Lipinski definition) is 5. The first kappa shape index (κ1) is 12.7. The maximum absolute atomic E-state index is 9.57. The Hall–Kier alpha value is -3.33. The van der Waals surface area contributed by atoms with Gasteiger partial charge >= 0.3 is 0 Å². The van der Waals surface area contributed by atoms with E-state index in [1.54, 1.807) is 24.3 Å². The summed E-state index contributed by atoms with van der Waals surface area (Å²) in [6.45, 7) is 0. The smallest absolute Gasteiger partial charge is 0.101 e. The second-order valence-corrected chi connectivity index (χ2v) is 4.89. The average molecular weight is 278 g/mol. The van der Waals surface area contributed by atoms with Gasteiger partial charge in [0.15, 0.2) is 0 Å². The Bertz CT molecular complexity index is 883. The first-order valence-corrected chi connectivity index (χ1v) is 6.24. The number of anilines is 5. The van der Waals surface area contributed by atoms with Crippen molar-refractivity contribution in [1.82, 2.24) is 0 Å². The molecule has 0 unspecified atom stereocenters. The van der Waals surface area contributed by atoms with Crippen molar-refractivity contribution in [2.45, 2.75) is 0 Å². The van der Waals surface area contributed by atoms with Crippen molar-refractivity contribution in [2.75, 3.05) is 28.7 Å². The van der Waals surface area contributed by atoms with Gasteiger partial charge in [-0.05, 0) is 24.3 Å². The van der Waals surface area contributed by atoms with Gasteiger partial charge in [-0.1, -0.05) is 0 Å². The Balaban J connectivity index is 2.82. The molecule has 0 fully saturated rings. The van der Waals surface area contributed by atoms with Crippen LogP contribution in [0.4, 0.5) is 28.4 Å². The largest absolute Gasteiger partial charge is 0.398 e. The van der Waals surface area contributed by atoms with E-state index in [4.69, 9.17) is 28.7 Å². The maximum Gasteiger partial charge on any atom is 0.101 e. The predicted molar refractivity (Wildman–Crippen MR) is 88.2 cm³/mol. The van der Waals surface area contributed by atoms with E-state index in [-0.39, 0.29) is 0 Å². The molecule has 0 amide bonds. The van der Waals surface area contributed by atoms with E-state index in [0.29, 0.717) is 55.5 Å². The zero-order valence-corrected chi connectivity index (χ0v) is 11.1. The molecule has 10 N–H and O–H groups in total. The van der Waals surface area contributed by atoms with Crippen molar-refractivity contribution in [2.24, 2.45) is 0 Å². The van der Waals surface area contributed by atoms with Crippen LogP contribution >= 0.6 is 0 Å². The second-order valence-electron chi connectivity index (χ2n) is 4.89. The molecule has 0 aliphatic carbocycles. The zero-order chi connectivity index (χ0) is 15.3. The Morgan fingerprint density at radius 1 is 0.619 bits per heavy atom. The van der Waals surface area contributed by atoms with Gasteiger partial charge in [-0.3, -0.25) is 0 Å². The van der Waals surface area contributed by atoms with Crippen LogP contribution in [0.5, 0.6) is 0 Å². The number of hydrogen-bond acceptors (Lipinski definition) is 6. The molecule has 0 aromatic heterocycles. The van der Waals surface area contributed by atoms with Crippen LogP contribution in [0.1, 0.15) is 5.56 Å². The summed E-state index contributed by atoms with van der Waals surface area (Å²) in [4.78, 5) is 0. The van der Waals surface area contributed by atoms with E-state index in [1.807, 2.05) is 0 Å². The molecule has 0 aliphatic heterocycles. The van der Waals surface area contributed by atoms with E-state index in [9.17, 15) is 5.26 Å². The normalized spacial score (nSPS) is 10.8. The van der Waals surface area contributed by atoms with Crippen LogP contribution < -0.4 is 28.7 Å². The first-order valence-electron chi connectivity index (χ1n) is 6.24. The first-order chi connectivity index (χ1) is 9.97. The van der Waals surface area contributed by atoms with Crippen molar-refractivity contribution < 1.29 is 0 Å². The van der Waals surface area contributed by atoms with Crippen LogP contribution in [0.15, 0.2) is 24.3 Å². The molecule has 104 valence electrons. The fourth-order valence-electron chi connectivity index (χ4n) is 2.75. The molecule has 6 nitrogen and oxygen atoms in total. The number of nitrogens with zero attached hydrogens (tertiary/aromatic N) is 1. The van der Waals surface area contributed by atoms with E-state index in [0.717, 1.165) is 0 Å². The summed E-state index contributed by atoms with van der Waals surface area (Å²) in [5.41, 5.74) is 32.7. The molecule has 3 aromatic rings. The molecule has 0 saturated heterocycles. The van der Waals surface area contributed by atoms with E-state index >= 15 is 0 Å². The highest BCUT2D eigenvalue weighted by Crippen LogP contribution is 2.44. The number of benzene rings is 3. The van der Waals surface area contributed by atoms with E-state index < -0.39 is 0 Å². The Kier molecular flexibility index (Phi) is 2.47. The quantitative estimate of drug-likeness (QED) is 0.312. The summed E-state index contributed by atoms with van der Waals surface area (Å²) < 4.78 is 0.